The van der Waals surface area contributed by atoms with Crippen LogP contribution in [0.15, 0.2) is 18.2 Å². The summed E-state index contributed by atoms with van der Waals surface area (Å²) in [7, 11) is 1.48. The summed E-state index contributed by atoms with van der Waals surface area (Å²) in [5.41, 5.74) is 1.28. The Hall–Kier alpha value is -1.59. The van der Waals surface area contributed by atoms with Crippen LogP contribution in [0.3, 0.4) is 0 Å². The summed E-state index contributed by atoms with van der Waals surface area (Å²) < 4.78 is 5.96. The lowest BCUT2D eigenvalue weighted by atomic mass is 10.1. The molecule has 0 bridgehead atoms. The molecule has 2 N–H and O–H groups in total. The van der Waals surface area contributed by atoms with Crippen LogP contribution >= 0.6 is 22.9 Å². The SMILES string of the molecule is CNC(=O)OCC(=N)c1sc2ccc(Cl)cc2c1C. The summed E-state index contributed by atoms with van der Waals surface area (Å²) in [5.74, 6) is 0. The van der Waals surface area contributed by atoms with Crippen LogP contribution in [0.2, 0.25) is 5.02 Å². The minimum Gasteiger partial charge on any atom is -0.443 e. The van der Waals surface area contributed by atoms with Crippen LogP contribution < -0.4 is 5.32 Å². The number of halogens is 1. The van der Waals surface area contributed by atoms with E-state index in [1.165, 1.54) is 18.4 Å². The first kappa shape index (κ1) is 13.8. The number of ether oxygens (including phenoxy) is 1. The van der Waals surface area contributed by atoms with Crippen LogP contribution in [0, 0.1) is 12.3 Å². The van der Waals surface area contributed by atoms with Crippen LogP contribution in [0.1, 0.15) is 10.4 Å². The molecule has 0 saturated carbocycles. The monoisotopic (exact) mass is 296 g/mol. The Morgan fingerprint density at radius 3 is 2.95 bits per heavy atom. The van der Waals surface area contributed by atoms with E-state index in [1.54, 1.807) is 0 Å². The van der Waals surface area contributed by atoms with Gasteiger partial charge in [0.15, 0.2) is 0 Å². The normalized spacial score (nSPS) is 10.5. The first-order valence-electron chi connectivity index (χ1n) is 5.64. The maximum Gasteiger partial charge on any atom is 0.407 e. The molecule has 1 aromatic heterocycles. The van der Waals surface area contributed by atoms with Crippen LogP contribution in [-0.4, -0.2) is 25.5 Å². The van der Waals surface area contributed by atoms with Crippen molar-refractivity contribution in [2.24, 2.45) is 0 Å². The quantitative estimate of drug-likeness (QED) is 0.850. The molecule has 0 aliphatic rings. The zero-order valence-corrected chi connectivity index (χ0v) is 12.1. The third-order valence-electron chi connectivity index (χ3n) is 2.72. The molecule has 1 heterocycles. The number of fused-ring (bicyclic) bond motifs is 1. The number of carbonyl (C=O) groups excluding carboxylic acids is 1. The first-order chi connectivity index (χ1) is 9.02. The van der Waals surface area contributed by atoms with E-state index < -0.39 is 6.09 Å². The first-order valence-corrected chi connectivity index (χ1v) is 6.83. The molecule has 0 spiro atoms. The van der Waals surface area contributed by atoms with E-state index in [4.69, 9.17) is 21.7 Å². The largest absolute Gasteiger partial charge is 0.443 e. The predicted octanol–water partition coefficient (Wildman–Crippen LogP) is 3.59. The highest BCUT2D eigenvalue weighted by molar-refractivity contribution is 7.21. The molecule has 0 aliphatic heterocycles. The van der Waals surface area contributed by atoms with Gasteiger partial charge in [-0.3, -0.25) is 0 Å². The van der Waals surface area contributed by atoms with Gasteiger partial charge < -0.3 is 15.5 Å². The Labute approximate surface area is 119 Å². The number of amides is 1. The summed E-state index contributed by atoms with van der Waals surface area (Å²) in [6.07, 6.45) is -0.536. The van der Waals surface area contributed by atoms with E-state index in [1.807, 2.05) is 25.1 Å². The van der Waals surface area contributed by atoms with Crippen molar-refractivity contribution in [3.63, 3.8) is 0 Å². The molecule has 0 unspecified atom stereocenters. The second-order valence-electron chi connectivity index (χ2n) is 4.00. The number of rotatable bonds is 3. The van der Waals surface area contributed by atoms with Crippen molar-refractivity contribution in [3.05, 3.63) is 33.7 Å². The van der Waals surface area contributed by atoms with Crippen LogP contribution in [-0.2, 0) is 4.74 Å². The molecule has 4 nitrogen and oxygen atoms in total. The van der Waals surface area contributed by atoms with Crippen molar-refractivity contribution in [2.45, 2.75) is 6.92 Å². The smallest absolute Gasteiger partial charge is 0.407 e. The maximum absolute atomic E-state index is 11.0. The molecule has 6 heteroatoms. The molecule has 100 valence electrons. The third kappa shape index (κ3) is 2.88. The topological polar surface area (TPSA) is 62.2 Å². The van der Waals surface area contributed by atoms with E-state index in [0.717, 1.165) is 20.5 Å². The second-order valence-corrected chi connectivity index (χ2v) is 5.49. The molecule has 0 radical (unpaired) electrons. The minimum atomic E-state index is -0.536. The van der Waals surface area contributed by atoms with Crippen molar-refractivity contribution in [1.82, 2.24) is 5.32 Å². The van der Waals surface area contributed by atoms with E-state index >= 15 is 0 Å². The number of aryl methyl sites for hydroxylation is 1. The molecule has 0 saturated heterocycles. The summed E-state index contributed by atoms with van der Waals surface area (Å²) in [6, 6.07) is 5.65. The predicted molar refractivity (Wildman–Crippen MR) is 78.8 cm³/mol. The molecule has 0 fully saturated rings. The zero-order valence-electron chi connectivity index (χ0n) is 10.5. The summed E-state index contributed by atoms with van der Waals surface area (Å²) >= 11 is 7.48. The number of nitrogens with one attached hydrogen (secondary N) is 2. The van der Waals surface area contributed by atoms with Gasteiger partial charge in [0, 0.05) is 16.8 Å². The lowest BCUT2D eigenvalue weighted by Gasteiger charge is -2.04. The molecule has 1 aromatic carbocycles. The molecular formula is C13H13ClN2O2S. The van der Waals surface area contributed by atoms with Crippen molar-refractivity contribution in [1.29, 1.82) is 5.41 Å². The highest BCUT2D eigenvalue weighted by atomic mass is 35.5. The fraction of sp³-hybridized carbons (Fsp3) is 0.231. The Morgan fingerprint density at radius 2 is 2.26 bits per heavy atom. The number of alkyl carbamates (subject to hydrolysis) is 1. The fourth-order valence-electron chi connectivity index (χ4n) is 1.76. The van der Waals surface area contributed by atoms with Crippen LogP contribution in [0.5, 0.6) is 0 Å². The Balaban J connectivity index is 2.27. The van der Waals surface area contributed by atoms with Gasteiger partial charge in [-0.15, -0.1) is 11.3 Å². The lowest BCUT2D eigenvalue weighted by molar-refractivity contribution is 0.164. The second kappa shape index (κ2) is 5.59. The number of thiophene rings is 1. The molecular weight excluding hydrogens is 284 g/mol. The third-order valence-corrected chi connectivity index (χ3v) is 4.29. The van der Waals surface area contributed by atoms with Crippen molar-refractivity contribution < 1.29 is 9.53 Å². The van der Waals surface area contributed by atoms with Gasteiger partial charge in [0.1, 0.15) is 6.61 Å². The van der Waals surface area contributed by atoms with Gasteiger partial charge in [-0.25, -0.2) is 4.79 Å². The number of hydrogen-bond acceptors (Lipinski definition) is 4. The van der Waals surface area contributed by atoms with Crippen molar-refractivity contribution in [2.75, 3.05) is 13.7 Å². The van der Waals surface area contributed by atoms with E-state index in [0.29, 0.717) is 10.7 Å². The van der Waals surface area contributed by atoms with Crippen LogP contribution in [0.4, 0.5) is 4.79 Å². The summed E-state index contributed by atoms with van der Waals surface area (Å²) in [6.45, 7) is 1.90. The molecule has 1 amide bonds. The Kier molecular flexibility index (Phi) is 4.07. The van der Waals surface area contributed by atoms with E-state index in [2.05, 4.69) is 5.32 Å². The molecule has 2 rings (SSSR count). The van der Waals surface area contributed by atoms with Gasteiger partial charge in [0.2, 0.25) is 0 Å². The molecule has 0 aliphatic carbocycles. The Bertz CT molecular complexity index is 651. The molecule has 0 atom stereocenters. The average molecular weight is 297 g/mol. The fourth-order valence-corrected chi connectivity index (χ4v) is 3.05. The summed E-state index contributed by atoms with van der Waals surface area (Å²) in [4.78, 5) is 11.8. The lowest BCUT2D eigenvalue weighted by Crippen LogP contribution is -2.22. The molecule has 2 aromatic rings. The van der Waals surface area contributed by atoms with Gasteiger partial charge in [0.25, 0.3) is 0 Å². The van der Waals surface area contributed by atoms with Gasteiger partial charge in [-0.05, 0) is 36.1 Å². The maximum atomic E-state index is 11.0. The highest BCUT2D eigenvalue weighted by Gasteiger charge is 2.14. The van der Waals surface area contributed by atoms with Crippen molar-refractivity contribution >= 4 is 44.8 Å². The number of hydrogen-bond donors (Lipinski definition) is 2. The van der Waals surface area contributed by atoms with Crippen LogP contribution in [0.25, 0.3) is 10.1 Å². The molecule has 19 heavy (non-hydrogen) atoms. The van der Waals surface area contributed by atoms with Gasteiger partial charge in [0.05, 0.1) is 10.6 Å². The zero-order chi connectivity index (χ0) is 14.0. The van der Waals surface area contributed by atoms with E-state index in [-0.39, 0.29) is 6.61 Å². The van der Waals surface area contributed by atoms with E-state index in [9.17, 15) is 4.79 Å². The summed E-state index contributed by atoms with van der Waals surface area (Å²) in [5, 5.41) is 12.1. The van der Waals surface area contributed by atoms with Gasteiger partial charge in [-0.2, -0.15) is 0 Å². The minimum absolute atomic E-state index is 0.0406. The average Bonchev–Trinajstić information content (AvgIpc) is 2.73. The van der Waals surface area contributed by atoms with Gasteiger partial charge >= 0.3 is 6.09 Å². The highest BCUT2D eigenvalue weighted by Crippen LogP contribution is 2.32. The van der Waals surface area contributed by atoms with Gasteiger partial charge in [-0.1, -0.05) is 11.6 Å². The Morgan fingerprint density at radius 1 is 1.53 bits per heavy atom. The van der Waals surface area contributed by atoms with Crippen molar-refractivity contribution in [3.8, 4) is 0 Å². The standard InChI is InChI=1S/C13H13ClN2O2S/c1-7-9-5-8(14)3-4-11(9)19-12(7)10(15)6-18-13(17)16-2/h3-5,15H,6H2,1-2H3,(H,16,17). The number of benzene rings is 1. The number of carbonyl (C=O) groups is 1.